The van der Waals surface area contributed by atoms with Gasteiger partial charge in [0.05, 0.1) is 12.0 Å². The summed E-state index contributed by atoms with van der Waals surface area (Å²) in [5.41, 5.74) is 0. The molecular formula is C12H22N2O3. The molecule has 1 aliphatic heterocycles. The van der Waals surface area contributed by atoms with Crippen LogP contribution in [-0.2, 0) is 9.59 Å². The zero-order valence-electron chi connectivity index (χ0n) is 10.8. The summed E-state index contributed by atoms with van der Waals surface area (Å²) in [6.45, 7) is 7.59. The van der Waals surface area contributed by atoms with Crippen LogP contribution in [0.2, 0.25) is 0 Å². The molecule has 0 aromatic rings. The Bertz CT molecular complexity index is 293. The van der Waals surface area contributed by atoms with Gasteiger partial charge in [-0.05, 0) is 19.3 Å². The first kappa shape index (κ1) is 14.0. The summed E-state index contributed by atoms with van der Waals surface area (Å²) < 4.78 is 0. The van der Waals surface area contributed by atoms with Gasteiger partial charge in [-0.2, -0.15) is 0 Å². The molecule has 0 aromatic carbocycles. The second-order valence-electron chi connectivity index (χ2n) is 4.84. The highest BCUT2D eigenvalue weighted by molar-refractivity contribution is 5.81. The number of likely N-dealkylation sites (tertiary alicyclic amines) is 1. The lowest BCUT2D eigenvalue weighted by Gasteiger charge is -2.23. The van der Waals surface area contributed by atoms with Crippen LogP contribution in [0, 0.1) is 11.8 Å². The molecule has 1 saturated heterocycles. The molecule has 0 aliphatic carbocycles. The molecule has 0 spiro atoms. The third-order valence-corrected chi connectivity index (χ3v) is 3.43. The number of amides is 1. The first-order chi connectivity index (χ1) is 7.97. The summed E-state index contributed by atoms with van der Waals surface area (Å²) in [6.07, 6.45) is 0.909. The highest BCUT2D eigenvalue weighted by Crippen LogP contribution is 2.24. The lowest BCUT2D eigenvalue weighted by Crippen LogP contribution is -2.44. The molecule has 1 aliphatic rings. The van der Waals surface area contributed by atoms with Crippen LogP contribution in [-0.4, -0.2) is 47.6 Å². The van der Waals surface area contributed by atoms with E-state index in [1.54, 1.807) is 0 Å². The fourth-order valence-electron chi connectivity index (χ4n) is 2.20. The highest BCUT2D eigenvalue weighted by atomic mass is 16.4. The molecule has 1 amide bonds. The quantitative estimate of drug-likeness (QED) is 0.739. The molecule has 3 atom stereocenters. The molecule has 1 unspecified atom stereocenters. The first-order valence-electron chi connectivity index (χ1n) is 6.22. The molecule has 5 nitrogen and oxygen atoms in total. The number of carboxylic acids is 1. The molecule has 0 saturated carbocycles. The van der Waals surface area contributed by atoms with Gasteiger partial charge in [0.25, 0.3) is 0 Å². The molecule has 0 aromatic heterocycles. The standard InChI is InChI=1S/C12H22N2O3/c1-4-5-13-11(15)9(3)14-6-8(2)10(7-14)12(16)17/h8-10H,4-7H2,1-3H3,(H,13,15)(H,16,17)/t8-,9?,10-/m1/s1. The SMILES string of the molecule is CCCNC(=O)C(C)N1C[C@@H](C)[C@H](C(=O)O)C1. The van der Waals surface area contributed by atoms with Crippen molar-refractivity contribution in [2.24, 2.45) is 11.8 Å². The fraction of sp³-hybridized carbons (Fsp3) is 0.833. The number of hydrogen-bond acceptors (Lipinski definition) is 3. The van der Waals surface area contributed by atoms with Gasteiger partial charge in [0.2, 0.25) is 5.91 Å². The van der Waals surface area contributed by atoms with Crippen LogP contribution < -0.4 is 5.32 Å². The maximum Gasteiger partial charge on any atom is 0.308 e. The van der Waals surface area contributed by atoms with Gasteiger partial charge in [-0.15, -0.1) is 0 Å². The molecule has 0 bridgehead atoms. The van der Waals surface area contributed by atoms with E-state index < -0.39 is 5.97 Å². The number of carbonyl (C=O) groups is 2. The van der Waals surface area contributed by atoms with Crippen molar-refractivity contribution in [2.75, 3.05) is 19.6 Å². The number of carboxylic acid groups (broad SMARTS) is 1. The monoisotopic (exact) mass is 242 g/mol. The van der Waals surface area contributed by atoms with E-state index >= 15 is 0 Å². The van der Waals surface area contributed by atoms with E-state index in [2.05, 4.69) is 5.32 Å². The third kappa shape index (κ3) is 3.43. The normalized spacial score (nSPS) is 26.8. The summed E-state index contributed by atoms with van der Waals surface area (Å²) in [7, 11) is 0. The van der Waals surface area contributed by atoms with Crippen molar-refractivity contribution in [2.45, 2.75) is 33.2 Å². The minimum atomic E-state index is -0.763. The molecule has 2 N–H and O–H groups in total. The molecule has 98 valence electrons. The van der Waals surface area contributed by atoms with Crippen molar-refractivity contribution in [1.82, 2.24) is 10.2 Å². The minimum absolute atomic E-state index is 0.00918. The van der Waals surface area contributed by atoms with E-state index in [-0.39, 0.29) is 23.8 Å². The van der Waals surface area contributed by atoms with Crippen molar-refractivity contribution in [1.29, 1.82) is 0 Å². The minimum Gasteiger partial charge on any atom is -0.481 e. The van der Waals surface area contributed by atoms with Crippen molar-refractivity contribution in [3.8, 4) is 0 Å². The van der Waals surface area contributed by atoms with E-state index in [1.165, 1.54) is 0 Å². The summed E-state index contributed by atoms with van der Waals surface area (Å²) in [5.74, 6) is -1.02. The van der Waals surface area contributed by atoms with Crippen molar-refractivity contribution in [3.05, 3.63) is 0 Å². The highest BCUT2D eigenvalue weighted by Gasteiger charge is 2.38. The molecule has 5 heteroatoms. The molecule has 17 heavy (non-hydrogen) atoms. The van der Waals surface area contributed by atoms with Gasteiger partial charge in [-0.3, -0.25) is 14.5 Å². The Morgan fingerprint density at radius 3 is 2.59 bits per heavy atom. The summed E-state index contributed by atoms with van der Waals surface area (Å²) >= 11 is 0. The van der Waals surface area contributed by atoms with E-state index in [0.29, 0.717) is 19.6 Å². The average Bonchev–Trinajstić information content (AvgIpc) is 2.67. The lowest BCUT2D eigenvalue weighted by molar-refractivity contribution is -0.142. The number of hydrogen-bond donors (Lipinski definition) is 2. The second-order valence-corrected chi connectivity index (χ2v) is 4.84. The van der Waals surface area contributed by atoms with Crippen molar-refractivity contribution >= 4 is 11.9 Å². The van der Waals surface area contributed by atoms with E-state index in [0.717, 1.165) is 6.42 Å². The van der Waals surface area contributed by atoms with E-state index in [1.807, 2.05) is 25.7 Å². The average molecular weight is 242 g/mol. The van der Waals surface area contributed by atoms with Gasteiger partial charge in [0.15, 0.2) is 0 Å². The van der Waals surface area contributed by atoms with Crippen LogP contribution in [0.1, 0.15) is 27.2 Å². The Labute approximate surface area is 102 Å². The number of carbonyl (C=O) groups excluding carboxylic acids is 1. The maximum absolute atomic E-state index is 11.8. The molecule has 1 heterocycles. The third-order valence-electron chi connectivity index (χ3n) is 3.43. The van der Waals surface area contributed by atoms with Gasteiger partial charge in [0, 0.05) is 19.6 Å². The van der Waals surface area contributed by atoms with Gasteiger partial charge in [-0.1, -0.05) is 13.8 Å². The number of nitrogens with zero attached hydrogens (tertiary/aromatic N) is 1. The summed E-state index contributed by atoms with van der Waals surface area (Å²) in [4.78, 5) is 24.7. The second kappa shape index (κ2) is 6.00. The summed E-state index contributed by atoms with van der Waals surface area (Å²) in [5, 5.41) is 11.9. The van der Waals surface area contributed by atoms with Crippen molar-refractivity contribution in [3.63, 3.8) is 0 Å². The van der Waals surface area contributed by atoms with Gasteiger partial charge in [-0.25, -0.2) is 0 Å². The Morgan fingerprint density at radius 2 is 2.12 bits per heavy atom. The first-order valence-corrected chi connectivity index (χ1v) is 6.22. The lowest BCUT2D eigenvalue weighted by atomic mass is 9.99. The van der Waals surface area contributed by atoms with Crippen molar-refractivity contribution < 1.29 is 14.7 Å². The van der Waals surface area contributed by atoms with Crippen LogP contribution in [0.25, 0.3) is 0 Å². The van der Waals surface area contributed by atoms with E-state index in [9.17, 15) is 9.59 Å². The van der Waals surface area contributed by atoms with Crippen LogP contribution in [0.15, 0.2) is 0 Å². The largest absolute Gasteiger partial charge is 0.481 e. The molecule has 0 radical (unpaired) electrons. The Balaban J connectivity index is 2.52. The zero-order valence-corrected chi connectivity index (χ0v) is 10.8. The number of aliphatic carboxylic acids is 1. The fourth-order valence-corrected chi connectivity index (χ4v) is 2.20. The van der Waals surface area contributed by atoms with Gasteiger partial charge < -0.3 is 10.4 Å². The maximum atomic E-state index is 11.8. The van der Waals surface area contributed by atoms with Crippen LogP contribution in [0.4, 0.5) is 0 Å². The Kier molecular flexibility index (Phi) is 4.93. The smallest absolute Gasteiger partial charge is 0.308 e. The van der Waals surface area contributed by atoms with Gasteiger partial charge in [0.1, 0.15) is 0 Å². The number of nitrogens with one attached hydrogen (secondary N) is 1. The predicted molar refractivity (Wildman–Crippen MR) is 64.6 cm³/mol. The van der Waals surface area contributed by atoms with Gasteiger partial charge >= 0.3 is 5.97 Å². The van der Waals surface area contributed by atoms with Crippen LogP contribution in [0.3, 0.4) is 0 Å². The summed E-state index contributed by atoms with van der Waals surface area (Å²) in [6, 6.07) is -0.242. The Hall–Kier alpha value is -1.10. The molecular weight excluding hydrogens is 220 g/mol. The molecule has 1 rings (SSSR count). The van der Waals surface area contributed by atoms with Crippen LogP contribution >= 0.6 is 0 Å². The number of rotatable bonds is 5. The molecule has 1 fully saturated rings. The van der Waals surface area contributed by atoms with Crippen LogP contribution in [0.5, 0.6) is 0 Å². The predicted octanol–water partition coefficient (Wildman–Crippen LogP) is 0.554. The Morgan fingerprint density at radius 1 is 1.47 bits per heavy atom. The topological polar surface area (TPSA) is 69.6 Å². The zero-order chi connectivity index (χ0) is 13.0. The van der Waals surface area contributed by atoms with E-state index in [4.69, 9.17) is 5.11 Å².